The predicted octanol–water partition coefficient (Wildman–Crippen LogP) is 2.49. The fourth-order valence-corrected chi connectivity index (χ4v) is 2.31. The summed E-state index contributed by atoms with van der Waals surface area (Å²) in [6.45, 7) is 4.02. The monoisotopic (exact) mass is 290 g/mol. The van der Waals surface area contributed by atoms with Crippen molar-refractivity contribution in [2.24, 2.45) is 5.92 Å². The Morgan fingerprint density at radius 2 is 2.10 bits per heavy atom. The van der Waals surface area contributed by atoms with Crippen LogP contribution in [0.15, 0.2) is 24.5 Å². The number of esters is 1. The summed E-state index contributed by atoms with van der Waals surface area (Å²) in [6.07, 6.45) is 2.15. The highest BCUT2D eigenvalue weighted by atomic mass is 16.5. The van der Waals surface area contributed by atoms with Crippen LogP contribution in [0.2, 0.25) is 0 Å². The zero-order valence-corrected chi connectivity index (χ0v) is 12.2. The predicted molar refractivity (Wildman–Crippen MR) is 77.2 cm³/mol. The van der Waals surface area contributed by atoms with Crippen LogP contribution in [0.3, 0.4) is 0 Å². The number of hydrogen-bond donors (Lipinski definition) is 1. The first-order valence-corrected chi connectivity index (χ1v) is 6.71. The van der Waals surface area contributed by atoms with Gasteiger partial charge in [-0.1, -0.05) is 13.8 Å². The molecule has 1 N–H and O–H groups in total. The van der Waals surface area contributed by atoms with Gasteiger partial charge in [0.1, 0.15) is 6.04 Å². The molecular weight excluding hydrogens is 272 g/mol. The molecule has 0 radical (unpaired) electrons. The smallest absolute Gasteiger partial charge is 0.335 e. The molecule has 0 fully saturated rings. The minimum atomic E-state index is -1.01. The van der Waals surface area contributed by atoms with Gasteiger partial charge in [-0.2, -0.15) is 0 Å². The molecule has 0 aliphatic rings. The lowest BCUT2D eigenvalue weighted by Crippen LogP contribution is -2.22. The summed E-state index contributed by atoms with van der Waals surface area (Å²) in [7, 11) is 1.34. The molecular formula is C15H18N2O4. The minimum Gasteiger partial charge on any atom is -0.478 e. The number of benzene rings is 1. The maximum Gasteiger partial charge on any atom is 0.335 e. The lowest BCUT2D eigenvalue weighted by Gasteiger charge is -2.19. The zero-order chi connectivity index (χ0) is 15.6. The Morgan fingerprint density at radius 1 is 1.38 bits per heavy atom. The van der Waals surface area contributed by atoms with Crippen molar-refractivity contribution in [1.29, 1.82) is 0 Å². The molecule has 21 heavy (non-hydrogen) atoms. The molecule has 0 spiro atoms. The topological polar surface area (TPSA) is 81.4 Å². The number of carboxylic acid groups (broad SMARTS) is 1. The third-order valence-corrected chi connectivity index (χ3v) is 3.33. The van der Waals surface area contributed by atoms with E-state index in [1.165, 1.54) is 19.2 Å². The molecule has 2 aromatic rings. The number of rotatable bonds is 5. The van der Waals surface area contributed by atoms with E-state index in [0.29, 0.717) is 17.5 Å². The molecule has 0 aliphatic heterocycles. The molecule has 0 amide bonds. The molecule has 0 saturated carbocycles. The summed E-state index contributed by atoms with van der Waals surface area (Å²) in [5, 5.41) is 9.09. The molecule has 1 aromatic carbocycles. The number of carboxylic acids is 1. The van der Waals surface area contributed by atoms with Gasteiger partial charge in [0.2, 0.25) is 0 Å². The SMILES string of the molecule is COC(=O)C(CC(C)C)n1cnc2ccc(C(=O)O)cc21. The summed E-state index contributed by atoms with van der Waals surface area (Å²) in [6, 6.07) is 4.15. The van der Waals surface area contributed by atoms with Crippen LogP contribution in [-0.4, -0.2) is 33.7 Å². The molecule has 6 nitrogen and oxygen atoms in total. The number of carbonyl (C=O) groups is 2. The summed E-state index contributed by atoms with van der Waals surface area (Å²) in [5.41, 5.74) is 1.43. The van der Waals surface area contributed by atoms with E-state index in [1.807, 2.05) is 13.8 Å². The molecule has 0 aliphatic carbocycles. The van der Waals surface area contributed by atoms with Crippen LogP contribution in [0.5, 0.6) is 0 Å². The lowest BCUT2D eigenvalue weighted by molar-refractivity contribution is -0.145. The summed E-state index contributed by atoms with van der Waals surface area (Å²) >= 11 is 0. The van der Waals surface area contributed by atoms with Crippen LogP contribution >= 0.6 is 0 Å². The van der Waals surface area contributed by atoms with Gasteiger partial charge < -0.3 is 14.4 Å². The van der Waals surface area contributed by atoms with Gasteiger partial charge in [-0.25, -0.2) is 14.6 Å². The van der Waals surface area contributed by atoms with Crippen LogP contribution in [0.25, 0.3) is 11.0 Å². The van der Waals surface area contributed by atoms with Crippen LogP contribution in [0, 0.1) is 5.92 Å². The van der Waals surface area contributed by atoms with Crippen molar-refractivity contribution in [3.63, 3.8) is 0 Å². The number of ether oxygens (including phenoxy) is 1. The number of fused-ring (bicyclic) bond motifs is 1. The molecule has 1 aromatic heterocycles. The van der Waals surface area contributed by atoms with E-state index in [2.05, 4.69) is 4.98 Å². The minimum absolute atomic E-state index is 0.164. The summed E-state index contributed by atoms with van der Waals surface area (Å²) < 4.78 is 6.55. The Morgan fingerprint density at radius 3 is 2.67 bits per heavy atom. The summed E-state index contributed by atoms with van der Waals surface area (Å²) in [5.74, 6) is -1.08. The fourth-order valence-electron chi connectivity index (χ4n) is 2.31. The number of aromatic nitrogens is 2. The highest BCUT2D eigenvalue weighted by molar-refractivity contribution is 5.92. The van der Waals surface area contributed by atoms with Crippen LogP contribution in [-0.2, 0) is 9.53 Å². The van der Waals surface area contributed by atoms with Crippen molar-refractivity contribution in [2.45, 2.75) is 26.3 Å². The molecule has 1 unspecified atom stereocenters. The van der Waals surface area contributed by atoms with Gasteiger partial charge in [0.15, 0.2) is 0 Å². The second-order valence-electron chi connectivity index (χ2n) is 5.33. The second kappa shape index (κ2) is 5.95. The number of imidazole rings is 1. The quantitative estimate of drug-likeness (QED) is 0.856. The van der Waals surface area contributed by atoms with Crippen LogP contribution in [0.1, 0.15) is 36.7 Å². The molecule has 1 atom stereocenters. The van der Waals surface area contributed by atoms with E-state index in [9.17, 15) is 9.59 Å². The number of carbonyl (C=O) groups excluding carboxylic acids is 1. The first-order valence-electron chi connectivity index (χ1n) is 6.71. The van der Waals surface area contributed by atoms with Crippen molar-refractivity contribution < 1.29 is 19.4 Å². The number of aromatic carboxylic acids is 1. The van der Waals surface area contributed by atoms with Gasteiger partial charge in [-0.05, 0) is 30.5 Å². The first-order chi connectivity index (χ1) is 9.93. The Labute approximate surface area is 122 Å². The van der Waals surface area contributed by atoms with Crippen molar-refractivity contribution in [1.82, 2.24) is 9.55 Å². The van der Waals surface area contributed by atoms with Gasteiger partial charge in [0.05, 0.1) is 30.0 Å². The third kappa shape index (κ3) is 3.04. The molecule has 1 heterocycles. The molecule has 0 saturated heterocycles. The van der Waals surface area contributed by atoms with Crippen LogP contribution < -0.4 is 0 Å². The number of methoxy groups -OCH3 is 1. The number of hydrogen-bond acceptors (Lipinski definition) is 4. The zero-order valence-electron chi connectivity index (χ0n) is 12.2. The fraction of sp³-hybridized carbons (Fsp3) is 0.400. The largest absolute Gasteiger partial charge is 0.478 e. The van der Waals surface area contributed by atoms with Gasteiger partial charge in [0.25, 0.3) is 0 Å². The average molecular weight is 290 g/mol. The van der Waals surface area contributed by atoms with E-state index in [0.717, 1.165) is 0 Å². The Kier molecular flexibility index (Phi) is 4.26. The Bertz CT molecular complexity index is 675. The lowest BCUT2D eigenvalue weighted by atomic mass is 10.0. The molecule has 112 valence electrons. The highest BCUT2D eigenvalue weighted by Crippen LogP contribution is 2.25. The Balaban J connectivity index is 2.53. The molecule has 6 heteroatoms. The van der Waals surface area contributed by atoms with Crippen molar-refractivity contribution in [2.75, 3.05) is 7.11 Å². The highest BCUT2D eigenvalue weighted by Gasteiger charge is 2.24. The van der Waals surface area contributed by atoms with Crippen molar-refractivity contribution in [3.8, 4) is 0 Å². The normalized spacial score (nSPS) is 12.6. The standard InChI is InChI=1S/C15H18N2O4/c1-9(2)6-13(15(20)21-3)17-8-16-11-5-4-10(14(18)19)7-12(11)17/h4-5,7-9,13H,6H2,1-3H3,(H,18,19). The second-order valence-corrected chi connectivity index (χ2v) is 5.33. The van der Waals surface area contributed by atoms with Gasteiger partial charge in [-0.15, -0.1) is 0 Å². The third-order valence-electron chi connectivity index (χ3n) is 3.33. The average Bonchev–Trinajstić information content (AvgIpc) is 2.86. The van der Waals surface area contributed by atoms with Gasteiger partial charge in [-0.3, -0.25) is 0 Å². The molecule has 2 rings (SSSR count). The van der Waals surface area contributed by atoms with E-state index in [4.69, 9.17) is 9.84 Å². The molecule has 0 bridgehead atoms. The van der Waals surface area contributed by atoms with Crippen molar-refractivity contribution in [3.05, 3.63) is 30.1 Å². The maximum atomic E-state index is 12.0. The summed E-state index contributed by atoms with van der Waals surface area (Å²) in [4.78, 5) is 27.3. The van der Waals surface area contributed by atoms with Gasteiger partial charge >= 0.3 is 11.9 Å². The van der Waals surface area contributed by atoms with E-state index < -0.39 is 12.0 Å². The van der Waals surface area contributed by atoms with Crippen LogP contribution in [0.4, 0.5) is 0 Å². The maximum absolute atomic E-state index is 12.0. The first kappa shape index (κ1) is 15.0. The van der Waals surface area contributed by atoms with E-state index >= 15 is 0 Å². The van der Waals surface area contributed by atoms with E-state index in [1.54, 1.807) is 17.0 Å². The van der Waals surface area contributed by atoms with Gasteiger partial charge in [0, 0.05) is 0 Å². The Hall–Kier alpha value is -2.37. The number of nitrogens with zero attached hydrogens (tertiary/aromatic N) is 2. The van der Waals surface area contributed by atoms with Crippen molar-refractivity contribution >= 4 is 23.0 Å². The van der Waals surface area contributed by atoms with E-state index in [-0.39, 0.29) is 17.5 Å².